The van der Waals surface area contributed by atoms with Gasteiger partial charge in [0.2, 0.25) is 0 Å². The molecule has 0 heterocycles. The summed E-state index contributed by atoms with van der Waals surface area (Å²) in [6, 6.07) is 0. The molecule has 0 aromatic carbocycles. The van der Waals surface area contributed by atoms with Gasteiger partial charge in [0, 0.05) is 35.2 Å². The molecule has 3 nitrogen and oxygen atoms in total. The van der Waals surface area contributed by atoms with E-state index in [1.807, 2.05) is 0 Å². The van der Waals surface area contributed by atoms with Crippen LogP contribution >= 0.6 is 0 Å². The zero-order valence-corrected chi connectivity index (χ0v) is 22.3. The highest BCUT2D eigenvalue weighted by molar-refractivity contribution is 6.01. The normalized spacial score (nSPS) is 43.0. The van der Waals surface area contributed by atoms with Crippen LogP contribution in [0.4, 0.5) is 0 Å². The zero-order chi connectivity index (χ0) is 24.6. The average Bonchev–Trinajstić information content (AvgIpc) is 3.03. The summed E-state index contributed by atoms with van der Waals surface area (Å²) in [4.78, 5) is 26.5. The maximum atomic E-state index is 13.7. The number of hydrogen-bond acceptors (Lipinski definition) is 3. The summed E-state index contributed by atoms with van der Waals surface area (Å²) in [6.07, 6.45) is 9.18. The predicted molar refractivity (Wildman–Crippen MR) is 134 cm³/mol. The van der Waals surface area contributed by atoms with E-state index in [4.69, 9.17) is 0 Å². The lowest BCUT2D eigenvalue weighted by atomic mass is 9.49. The molecule has 0 amide bonds. The van der Waals surface area contributed by atoms with Crippen LogP contribution in [0.25, 0.3) is 0 Å². The Balaban J connectivity index is 1.67. The predicted octanol–water partition coefficient (Wildman–Crippen LogP) is 6.84. The SMILES string of the molecule is CC(C)=CCC[C@@H](C)[C@H]1CC[C@@]2(C)C3=C(C[C@H]2[C@]1(C)O)[C@@]1(C)CCC(=O)C(C)(C)[C@@H]1CC3=O. The molecule has 2 saturated carbocycles. The minimum absolute atomic E-state index is 0.0741. The van der Waals surface area contributed by atoms with E-state index in [1.165, 1.54) is 11.1 Å². The Bertz CT molecular complexity index is 915. The number of rotatable bonds is 4. The summed E-state index contributed by atoms with van der Waals surface area (Å²) < 4.78 is 0. The third kappa shape index (κ3) is 3.55. The van der Waals surface area contributed by atoms with Crippen LogP contribution in [0.1, 0.15) is 107 Å². The molecule has 2 fully saturated rings. The first-order valence-electron chi connectivity index (χ1n) is 13.3. The van der Waals surface area contributed by atoms with Crippen LogP contribution in [0, 0.1) is 39.9 Å². The van der Waals surface area contributed by atoms with Crippen LogP contribution in [0.5, 0.6) is 0 Å². The Kier molecular flexibility index (Phi) is 5.96. The molecule has 33 heavy (non-hydrogen) atoms. The van der Waals surface area contributed by atoms with Crippen molar-refractivity contribution in [1.29, 1.82) is 0 Å². The van der Waals surface area contributed by atoms with E-state index in [-0.39, 0.29) is 34.4 Å². The maximum absolute atomic E-state index is 13.7. The molecule has 0 aromatic rings. The second kappa shape index (κ2) is 7.90. The highest BCUT2D eigenvalue weighted by Gasteiger charge is 2.65. The lowest BCUT2D eigenvalue weighted by molar-refractivity contribution is -0.141. The van der Waals surface area contributed by atoms with Crippen molar-refractivity contribution in [1.82, 2.24) is 0 Å². The second-order valence-electron chi connectivity index (χ2n) is 13.5. The van der Waals surface area contributed by atoms with Gasteiger partial charge in [-0.2, -0.15) is 0 Å². The van der Waals surface area contributed by atoms with E-state index in [1.54, 1.807) is 0 Å². The second-order valence-corrected chi connectivity index (χ2v) is 13.5. The van der Waals surface area contributed by atoms with Gasteiger partial charge in [-0.05, 0) is 82.5 Å². The summed E-state index contributed by atoms with van der Waals surface area (Å²) in [5, 5.41) is 12.1. The molecule has 4 rings (SSSR count). The van der Waals surface area contributed by atoms with E-state index in [9.17, 15) is 14.7 Å². The molecule has 1 N–H and O–H groups in total. The summed E-state index contributed by atoms with van der Waals surface area (Å²) in [5.41, 5.74) is 2.10. The lowest BCUT2D eigenvalue weighted by Crippen LogP contribution is -2.54. The molecule has 0 spiro atoms. The Morgan fingerprint density at radius 1 is 1.03 bits per heavy atom. The molecule has 4 aliphatic carbocycles. The Hall–Kier alpha value is -1.22. The van der Waals surface area contributed by atoms with E-state index in [0.717, 1.165) is 44.1 Å². The van der Waals surface area contributed by atoms with Crippen LogP contribution < -0.4 is 0 Å². The Labute approximate surface area is 201 Å². The number of ketones is 2. The van der Waals surface area contributed by atoms with Gasteiger partial charge < -0.3 is 5.11 Å². The molecule has 3 heteroatoms. The maximum Gasteiger partial charge on any atom is 0.159 e. The first-order valence-corrected chi connectivity index (χ1v) is 13.3. The molecular weight excluding hydrogens is 408 g/mol. The van der Waals surface area contributed by atoms with Gasteiger partial charge in [0.05, 0.1) is 5.60 Å². The van der Waals surface area contributed by atoms with Crippen LogP contribution in [-0.2, 0) is 9.59 Å². The van der Waals surface area contributed by atoms with Crippen molar-refractivity contribution in [3.8, 4) is 0 Å². The van der Waals surface area contributed by atoms with Crippen molar-refractivity contribution >= 4 is 11.6 Å². The van der Waals surface area contributed by atoms with E-state index in [0.29, 0.717) is 24.5 Å². The lowest BCUT2D eigenvalue weighted by Gasteiger charge is -2.54. The van der Waals surface area contributed by atoms with Crippen LogP contribution in [0.15, 0.2) is 22.8 Å². The molecular formula is C30H46O3. The topological polar surface area (TPSA) is 54.4 Å². The molecule has 184 valence electrons. The molecule has 0 aromatic heterocycles. The molecule has 7 atom stereocenters. The fourth-order valence-electron chi connectivity index (χ4n) is 8.90. The van der Waals surface area contributed by atoms with Gasteiger partial charge in [-0.15, -0.1) is 0 Å². The number of hydrogen-bond donors (Lipinski definition) is 1. The number of carbonyl (C=O) groups is 2. The highest BCUT2D eigenvalue weighted by Crippen LogP contribution is 2.69. The summed E-state index contributed by atoms with van der Waals surface area (Å²) in [6.45, 7) is 17.4. The van der Waals surface area contributed by atoms with Gasteiger partial charge in [-0.3, -0.25) is 9.59 Å². The quantitative estimate of drug-likeness (QED) is 0.473. The molecule has 0 radical (unpaired) electrons. The third-order valence-corrected chi connectivity index (χ3v) is 10.9. The van der Waals surface area contributed by atoms with Crippen molar-refractivity contribution in [2.24, 2.45) is 39.9 Å². The minimum Gasteiger partial charge on any atom is -0.390 e. The largest absolute Gasteiger partial charge is 0.390 e. The van der Waals surface area contributed by atoms with Gasteiger partial charge in [-0.1, -0.05) is 51.8 Å². The van der Waals surface area contributed by atoms with Gasteiger partial charge in [-0.25, -0.2) is 0 Å². The van der Waals surface area contributed by atoms with E-state index < -0.39 is 11.0 Å². The fraction of sp³-hybridized carbons (Fsp3) is 0.800. The van der Waals surface area contributed by atoms with Crippen LogP contribution in [0.3, 0.4) is 0 Å². The molecule has 0 aliphatic heterocycles. The van der Waals surface area contributed by atoms with Crippen LogP contribution in [0.2, 0.25) is 0 Å². The molecule has 0 unspecified atom stereocenters. The highest BCUT2D eigenvalue weighted by atomic mass is 16.3. The van der Waals surface area contributed by atoms with Crippen LogP contribution in [-0.4, -0.2) is 22.3 Å². The third-order valence-electron chi connectivity index (χ3n) is 10.9. The van der Waals surface area contributed by atoms with Crippen molar-refractivity contribution in [2.45, 2.75) is 112 Å². The number of Topliss-reactive ketones (excluding diaryl/α,β-unsaturated/α-hetero) is 2. The smallest absolute Gasteiger partial charge is 0.159 e. The average molecular weight is 455 g/mol. The van der Waals surface area contributed by atoms with Gasteiger partial charge >= 0.3 is 0 Å². The monoisotopic (exact) mass is 454 g/mol. The zero-order valence-electron chi connectivity index (χ0n) is 22.3. The first kappa shape index (κ1) is 24.9. The van der Waals surface area contributed by atoms with Crippen molar-refractivity contribution in [2.75, 3.05) is 0 Å². The fourth-order valence-corrected chi connectivity index (χ4v) is 8.90. The first-order chi connectivity index (χ1) is 15.2. The van der Waals surface area contributed by atoms with Crippen molar-refractivity contribution < 1.29 is 14.7 Å². The summed E-state index contributed by atoms with van der Waals surface area (Å²) in [7, 11) is 0. The van der Waals surface area contributed by atoms with E-state index in [2.05, 4.69) is 61.5 Å². The van der Waals surface area contributed by atoms with Gasteiger partial charge in [0.1, 0.15) is 5.78 Å². The molecule has 4 aliphatic rings. The Morgan fingerprint density at radius 2 is 1.70 bits per heavy atom. The standard InChI is InChI=1S/C30H46O3/c1-18(2)10-9-11-19(3)20-12-14-29(7)24(30(20,8)33)16-21-26(29)22(31)17-23-27(4,5)25(32)13-15-28(21,23)6/h10,19-20,23-24,33H,9,11-17H2,1-8H3/t19-,20-,23+,24-,28-,29-,30-/m1/s1. The summed E-state index contributed by atoms with van der Waals surface area (Å²) in [5.74, 6) is 1.42. The van der Waals surface area contributed by atoms with E-state index >= 15 is 0 Å². The van der Waals surface area contributed by atoms with Crippen molar-refractivity contribution in [3.05, 3.63) is 22.8 Å². The van der Waals surface area contributed by atoms with Crippen molar-refractivity contribution in [3.63, 3.8) is 0 Å². The number of fused-ring (bicyclic) bond motifs is 4. The number of allylic oxidation sites excluding steroid dienone is 4. The number of carbonyl (C=O) groups excluding carboxylic acids is 2. The van der Waals surface area contributed by atoms with Gasteiger partial charge in [0.15, 0.2) is 5.78 Å². The van der Waals surface area contributed by atoms with Gasteiger partial charge in [0.25, 0.3) is 0 Å². The molecule has 0 bridgehead atoms. The Morgan fingerprint density at radius 3 is 2.33 bits per heavy atom. The minimum atomic E-state index is -0.791. The number of aliphatic hydroxyl groups is 1. The summed E-state index contributed by atoms with van der Waals surface area (Å²) >= 11 is 0. The molecule has 0 saturated heterocycles.